The van der Waals surface area contributed by atoms with Crippen LogP contribution in [0.2, 0.25) is 0 Å². The highest BCUT2D eigenvalue weighted by Gasteiger charge is 2.33. The number of thioether (sulfide) groups is 1. The molecule has 23 heavy (non-hydrogen) atoms. The van der Waals surface area contributed by atoms with Crippen LogP contribution in [0.3, 0.4) is 0 Å². The molecule has 0 saturated carbocycles. The molecule has 0 radical (unpaired) electrons. The third-order valence-corrected chi connectivity index (χ3v) is 5.60. The molecule has 4 heteroatoms. The number of amides is 1. The summed E-state index contributed by atoms with van der Waals surface area (Å²) in [5.74, 6) is -0.578. The molecule has 1 amide bonds. The first-order valence-corrected chi connectivity index (χ1v) is 9.05. The molecular weight excluding hydrogens is 309 g/mol. The van der Waals surface area contributed by atoms with Crippen molar-refractivity contribution in [2.45, 2.75) is 30.6 Å². The zero-order valence-electron chi connectivity index (χ0n) is 13.3. The molecule has 3 atom stereocenters. The summed E-state index contributed by atoms with van der Waals surface area (Å²) in [6, 6.07) is 14.6. The first kappa shape index (κ1) is 16.1. The van der Waals surface area contributed by atoms with Gasteiger partial charge < -0.3 is 5.32 Å². The van der Waals surface area contributed by atoms with Gasteiger partial charge >= 0.3 is 0 Å². The van der Waals surface area contributed by atoms with E-state index >= 15 is 0 Å². The molecule has 3 unspecified atom stereocenters. The summed E-state index contributed by atoms with van der Waals surface area (Å²) < 4.78 is 13.0. The van der Waals surface area contributed by atoms with E-state index in [9.17, 15) is 9.18 Å². The van der Waals surface area contributed by atoms with Crippen molar-refractivity contribution >= 4 is 17.7 Å². The zero-order chi connectivity index (χ0) is 16.4. The second kappa shape index (κ2) is 6.75. The Balaban J connectivity index is 1.72. The summed E-state index contributed by atoms with van der Waals surface area (Å²) in [6.07, 6.45) is 2.94. The van der Waals surface area contributed by atoms with Crippen molar-refractivity contribution in [3.63, 3.8) is 0 Å². The first-order valence-electron chi connectivity index (χ1n) is 7.76. The SMILES string of the molecule is CSC1c2ccccc2CC1NC(=O)C(C)c1ccc(F)cc1. The van der Waals surface area contributed by atoms with E-state index in [1.54, 1.807) is 23.9 Å². The van der Waals surface area contributed by atoms with Crippen molar-refractivity contribution in [2.75, 3.05) is 6.26 Å². The molecule has 0 aliphatic heterocycles. The standard InChI is InChI=1S/C19H20FNOS/c1-12(13-7-9-15(20)10-8-13)19(22)21-17-11-14-5-3-4-6-16(14)18(17)23-2/h3-10,12,17-18H,11H2,1-2H3,(H,21,22). The fraction of sp³-hybridized carbons (Fsp3) is 0.316. The molecule has 3 rings (SSSR count). The third kappa shape index (κ3) is 3.27. The molecule has 120 valence electrons. The van der Waals surface area contributed by atoms with E-state index in [1.807, 2.05) is 19.1 Å². The highest BCUT2D eigenvalue weighted by Crippen LogP contribution is 2.40. The molecule has 2 nitrogen and oxygen atoms in total. The topological polar surface area (TPSA) is 29.1 Å². The van der Waals surface area contributed by atoms with Crippen LogP contribution < -0.4 is 5.32 Å². The molecule has 1 aliphatic carbocycles. The smallest absolute Gasteiger partial charge is 0.227 e. The largest absolute Gasteiger partial charge is 0.351 e. The van der Waals surface area contributed by atoms with E-state index in [0.717, 1.165) is 12.0 Å². The van der Waals surface area contributed by atoms with Crippen molar-refractivity contribution in [3.05, 3.63) is 71.0 Å². The van der Waals surface area contributed by atoms with Gasteiger partial charge in [-0.15, -0.1) is 0 Å². The Hall–Kier alpha value is -1.81. The predicted molar refractivity (Wildman–Crippen MR) is 93.1 cm³/mol. The Morgan fingerprint density at radius 2 is 1.91 bits per heavy atom. The van der Waals surface area contributed by atoms with E-state index in [0.29, 0.717) is 0 Å². The minimum absolute atomic E-state index is 0.00605. The van der Waals surface area contributed by atoms with Gasteiger partial charge in [0.05, 0.1) is 11.2 Å². The monoisotopic (exact) mass is 329 g/mol. The molecule has 0 aromatic heterocycles. The van der Waals surface area contributed by atoms with E-state index in [-0.39, 0.29) is 28.9 Å². The lowest BCUT2D eigenvalue weighted by Gasteiger charge is -2.22. The van der Waals surface area contributed by atoms with Crippen LogP contribution in [0, 0.1) is 5.82 Å². The van der Waals surface area contributed by atoms with Crippen molar-refractivity contribution in [1.29, 1.82) is 0 Å². The average molecular weight is 329 g/mol. The minimum atomic E-state index is -0.290. The van der Waals surface area contributed by atoms with Crippen LogP contribution in [0.1, 0.15) is 34.8 Å². The van der Waals surface area contributed by atoms with Crippen LogP contribution in [0.5, 0.6) is 0 Å². The summed E-state index contributed by atoms with van der Waals surface area (Å²) in [6.45, 7) is 1.86. The van der Waals surface area contributed by atoms with E-state index < -0.39 is 0 Å². The maximum absolute atomic E-state index is 13.0. The molecule has 0 fully saturated rings. The van der Waals surface area contributed by atoms with Crippen LogP contribution in [0.15, 0.2) is 48.5 Å². The quantitative estimate of drug-likeness (QED) is 0.916. The maximum Gasteiger partial charge on any atom is 0.227 e. The minimum Gasteiger partial charge on any atom is -0.351 e. The van der Waals surface area contributed by atoms with Gasteiger partial charge in [-0.05, 0) is 48.4 Å². The number of carbonyl (C=O) groups excluding carboxylic acids is 1. The van der Waals surface area contributed by atoms with Gasteiger partial charge in [0.2, 0.25) is 5.91 Å². The van der Waals surface area contributed by atoms with Crippen molar-refractivity contribution in [1.82, 2.24) is 5.32 Å². The van der Waals surface area contributed by atoms with E-state index in [2.05, 4.69) is 23.7 Å². The molecule has 0 saturated heterocycles. The normalized spacial score (nSPS) is 20.8. The van der Waals surface area contributed by atoms with Gasteiger partial charge in [0.1, 0.15) is 5.82 Å². The predicted octanol–water partition coefficient (Wildman–Crippen LogP) is 4.07. The maximum atomic E-state index is 13.0. The summed E-state index contributed by atoms with van der Waals surface area (Å²) in [5.41, 5.74) is 3.46. The van der Waals surface area contributed by atoms with Crippen LogP contribution >= 0.6 is 11.8 Å². The van der Waals surface area contributed by atoms with Crippen molar-refractivity contribution in [3.8, 4) is 0 Å². The lowest BCUT2D eigenvalue weighted by molar-refractivity contribution is -0.122. The molecule has 1 N–H and O–H groups in total. The van der Waals surface area contributed by atoms with Gasteiger partial charge in [-0.2, -0.15) is 11.8 Å². The molecule has 0 bridgehead atoms. The first-order chi connectivity index (χ1) is 11.1. The van der Waals surface area contributed by atoms with Gasteiger partial charge in [0.25, 0.3) is 0 Å². The van der Waals surface area contributed by atoms with E-state index in [1.165, 1.54) is 23.3 Å². The molecule has 0 heterocycles. The van der Waals surface area contributed by atoms with Crippen LogP contribution in [-0.2, 0) is 11.2 Å². The molecule has 1 aliphatic rings. The van der Waals surface area contributed by atoms with E-state index in [4.69, 9.17) is 0 Å². The lowest BCUT2D eigenvalue weighted by Crippen LogP contribution is -2.39. The van der Waals surface area contributed by atoms with Gasteiger partial charge in [-0.3, -0.25) is 4.79 Å². The van der Waals surface area contributed by atoms with Crippen LogP contribution in [0.4, 0.5) is 4.39 Å². The number of rotatable bonds is 4. The third-order valence-electron chi connectivity index (χ3n) is 4.51. The Kier molecular flexibility index (Phi) is 4.71. The Morgan fingerprint density at radius 3 is 2.61 bits per heavy atom. The molecule has 0 spiro atoms. The summed E-state index contributed by atoms with van der Waals surface area (Å²) in [7, 11) is 0. The Morgan fingerprint density at radius 1 is 1.22 bits per heavy atom. The van der Waals surface area contributed by atoms with Gasteiger partial charge in [0, 0.05) is 6.04 Å². The summed E-state index contributed by atoms with van der Waals surface area (Å²) in [4.78, 5) is 12.6. The number of hydrogen-bond donors (Lipinski definition) is 1. The number of benzene rings is 2. The highest BCUT2D eigenvalue weighted by molar-refractivity contribution is 7.98. The van der Waals surface area contributed by atoms with Crippen LogP contribution in [0.25, 0.3) is 0 Å². The number of halogens is 1. The number of carbonyl (C=O) groups is 1. The Labute approximate surface area is 140 Å². The van der Waals surface area contributed by atoms with Crippen molar-refractivity contribution in [2.24, 2.45) is 0 Å². The summed E-state index contributed by atoms with van der Waals surface area (Å²) >= 11 is 1.77. The molecular formula is C19H20FNOS. The molecule has 2 aromatic rings. The van der Waals surface area contributed by atoms with Gasteiger partial charge in [0.15, 0.2) is 0 Å². The Bertz CT molecular complexity index is 701. The lowest BCUT2D eigenvalue weighted by atomic mass is 10.00. The fourth-order valence-electron chi connectivity index (χ4n) is 3.19. The number of nitrogens with one attached hydrogen (secondary N) is 1. The van der Waals surface area contributed by atoms with Crippen molar-refractivity contribution < 1.29 is 9.18 Å². The number of fused-ring (bicyclic) bond motifs is 1. The summed E-state index contributed by atoms with van der Waals surface area (Å²) in [5, 5.41) is 3.47. The zero-order valence-corrected chi connectivity index (χ0v) is 14.1. The van der Waals surface area contributed by atoms with Gasteiger partial charge in [-0.1, -0.05) is 36.4 Å². The van der Waals surface area contributed by atoms with Gasteiger partial charge in [-0.25, -0.2) is 4.39 Å². The molecule has 2 aromatic carbocycles. The number of hydrogen-bond acceptors (Lipinski definition) is 2. The second-order valence-corrected chi connectivity index (χ2v) is 6.93. The average Bonchev–Trinajstić information content (AvgIpc) is 2.91. The highest BCUT2D eigenvalue weighted by atomic mass is 32.2. The second-order valence-electron chi connectivity index (χ2n) is 5.95. The van der Waals surface area contributed by atoms with Crippen LogP contribution in [-0.4, -0.2) is 18.2 Å². The fourth-order valence-corrected chi connectivity index (χ4v) is 4.16.